The molecule has 1 fully saturated rings. The summed E-state index contributed by atoms with van der Waals surface area (Å²) < 4.78 is 26.1. The van der Waals surface area contributed by atoms with Crippen LogP contribution < -0.4 is 9.64 Å². The molecule has 0 bridgehead atoms. The number of rotatable bonds is 3. The molecule has 2 aromatic heterocycles. The third-order valence-corrected chi connectivity index (χ3v) is 5.71. The van der Waals surface area contributed by atoms with Crippen LogP contribution in [0.3, 0.4) is 0 Å². The Morgan fingerprint density at radius 3 is 2.79 bits per heavy atom. The summed E-state index contributed by atoms with van der Waals surface area (Å²) in [5.41, 5.74) is 1.51. The van der Waals surface area contributed by atoms with E-state index in [4.69, 9.17) is 9.15 Å². The van der Waals surface area contributed by atoms with E-state index in [2.05, 4.69) is 20.1 Å². The van der Waals surface area contributed by atoms with E-state index in [9.17, 15) is 4.39 Å². The van der Waals surface area contributed by atoms with E-state index in [0.717, 1.165) is 44.3 Å². The van der Waals surface area contributed by atoms with Crippen molar-refractivity contribution in [2.75, 3.05) is 18.0 Å². The van der Waals surface area contributed by atoms with E-state index >= 15 is 0 Å². The first-order valence-electron chi connectivity index (χ1n) is 9.63. The maximum atomic E-state index is 13.9. The second-order valence-electron chi connectivity index (χ2n) is 7.51. The number of ether oxygens (including phenoxy) is 1. The fourth-order valence-corrected chi connectivity index (χ4v) is 4.09. The van der Waals surface area contributed by atoms with Crippen molar-refractivity contribution < 1.29 is 13.5 Å². The van der Waals surface area contributed by atoms with Crippen LogP contribution in [-0.4, -0.2) is 33.9 Å². The Balaban J connectivity index is 1.24. The van der Waals surface area contributed by atoms with Crippen LogP contribution in [0, 0.1) is 5.82 Å². The van der Waals surface area contributed by atoms with Gasteiger partial charge in [-0.05, 0) is 36.6 Å². The highest BCUT2D eigenvalue weighted by Gasteiger charge is 2.41. The van der Waals surface area contributed by atoms with Crippen LogP contribution in [0.25, 0.3) is 0 Å². The van der Waals surface area contributed by atoms with Gasteiger partial charge >= 0.3 is 6.01 Å². The molecule has 6 nitrogen and oxygen atoms in total. The van der Waals surface area contributed by atoms with Crippen molar-refractivity contribution in [2.24, 2.45) is 0 Å². The molecule has 0 N–H and O–H groups in total. The van der Waals surface area contributed by atoms with Gasteiger partial charge in [-0.15, -0.1) is 5.10 Å². The molecule has 7 heteroatoms. The van der Waals surface area contributed by atoms with Gasteiger partial charge in [0.05, 0.1) is 6.42 Å². The largest absolute Gasteiger partial charge is 0.487 e. The second kappa shape index (κ2) is 6.89. The fraction of sp³-hybridized carbons (Fsp3) is 0.381. The van der Waals surface area contributed by atoms with Gasteiger partial charge in [-0.1, -0.05) is 17.2 Å². The Kier molecular flexibility index (Phi) is 4.22. The molecule has 0 amide bonds. The van der Waals surface area contributed by atoms with Crippen LogP contribution in [0.5, 0.6) is 5.75 Å². The van der Waals surface area contributed by atoms with Gasteiger partial charge in [0.2, 0.25) is 5.89 Å². The summed E-state index contributed by atoms with van der Waals surface area (Å²) in [6.45, 7) is 1.55. The molecular weight excluding hydrogens is 359 g/mol. The summed E-state index contributed by atoms with van der Waals surface area (Å²) in [4.78, 5) is 6.22. The van der Waals surface area contributed by atoms with Crippen LogP contribution in [0.2, 0.25) is 0 Å². The van der Waals surface area contributed by atoms with Crippen LogP contribution in [0.4, 0.5) is 10.4 Å². The highest BCUT2D eigenvalue weighted by atomic mass is 19.1. The molecule has 3 aromatic rings. The lowest BCUT2D eigenvalue weighted by atomic mass is 9.83. The number of nitrogens with zero attached hydrogens (tertiary/aromatic N) is 4. The molecule has 5 rings (SSSR count). The third-order valence-electron chi connectivity index (χ3n) is 5.71. The molecule has 0 aliphatic carbocycles. The van der Waals surface area contributed by atoms with Gasteiger partial charge in [0.15, 0.2) is 0 Å². The topological polar surface area (TPSA) is 64.3 Å². The molecule has 4 heterocycles. The predicted molar refractivity (Wildman–Crippen MR) is 101 cm³/mol. The van der Waals surface area contributed by atoms with E-state index in [1.807, 2.05) is 18.2 Å². The Bertz CT molecular complexity index is 968. The smallest absolute Gasteiger partial charge is 0.318 e. The zero-order valence-electron chi connectivity index (χ0n) is 15.5. The van der Waals surface area contributed by atoms with Crippen molar-refractivity contribution in [3.05, 3.63) is 65.6 Å². The number of hydrogen-bond donors (Lipinski definition) is 0. The highest BCUT2D eigenvalue weighted by molar-refractivity contribution is 5.38. The average molecular weight is 380 g/mol. The fourth-order valence-electron chi connectivity index (χ4n) is 4.09. The Morgan fingerprint density at radius 1 is 1.07 bits per heavy atom. The number of halogens is 1. The molecule has 2 aliphatic rings. The number of anilines is 1. The SMILES string of the molecule is Fc1cccc2c1CCC1(CCN(c3nnc(Cc4cccnc4)o3)CC1)O2. The van der Waals surface area contributed by atoms with Gasteiger partial charge in [-0.2, -0.15) is 0 Å². The van der Waals surface area contributed by atoms with Crippen molar-refractivity contribution in [2.45, 2.75) is 37.7 Å². The standard InChI is InChI=1S/C21H21FN4O2/c22-17-4-1-5-18-16(17)6-7-21(28-18)8-11-26(12-9-21)20-25-24-19(27-20)13-15-3-2-10-23-14-15/h1-5,10,14H,6-9,11-13H2. The lowest BCUT2D eigenvalue weighted by molar-refractivity contribution is 0.0209. The molecule has 1 saturated heterocycles. The lowest BCUT2D eigenvalue weighted by Gasteiger charge is -2.44. The van der Waals surface area contributed by atoms with Gasteiger partial charge in [0.1, 0.15) is 17.2 Å². The summed E-state index contributed by atoms with van der Waals surface area (Å²) in [5.74, 6) is 1.11. The molecule has 2 aliphatic heterocycles. The van der Waals surface area contributed by atoms with E-state index in [1.54, 1.807) is 18.5 Å². The summed E-state index contributed by atoms with van der Waals surface area (Å²) >= 11 is 0. The monoisotopic (exact) mass is 380 g/mol. The van der Waals surface area contributed by atoms with Crippen molar-refractivity contribution in [1.82, 2.24) is 15.2 Å². The molecule has 0 radical (unpaired) electrons. The summed E-state index contributed by atoms with van der Waals surface area (Å²) in [6, 6.07) is 9.52. The molecule has 144 valence electrons. The number of hydrogen-bond acceptors (Lipinski definition) is 6. The van der Waals surface area contributed by atoms with E-state index < -0.39 is 0 Å². The van der Waals surface area contributed by atoms with Crippen molar-refractivity contribution in [1.29, 1.82) is 0 Å². The minimum atomic E-state index is -0.226. The molecular formula is C21H21FN4O2. The van der Waals surface area contributed by atoms with Gasteiger partial charge < -0.3 is 14.1 Å². The van der Waals surface area contributed by atoms with Crippen LogP contribution in [-0.2, 0) is 12.8 Å². The second-order valence-corrected chi connectivity index (χ2v) is 7.51. The van der Waals surface area contributed by atoms with Crippen LogP contribution in [0.15, 0.2) is 47.1 Å². The van der Waals surface area contributed by atoms with E-state index in [-0.39, 0.29) is 11.4 Å². The maximum absolute atomic E-state index is 13.9. The van der Waals surface area contributed by atoms with Gasteiger partial charge in [-0.25, -0.2) is 4.39 Å². The lowest BCUT2D eigenvalue weighted by Crippen LogP contribution is -2.50. The number of fused-ring (bicyclic) bond motifs is 1. The minimum Gasteiger partial charge on any atom is -0.487 e. The molecule has 0 saturated carbocycles. The summed E-state index contributed by atoms with van der Waals surface area (Å²) in [6.07, 6.45) is 7.38. The van der Waals surface area contributed by atoms with Gasteiger partial charge in [0.25, 0.3) is 0 Å². The minimum absolute atomic E-state index is 0.170. The Morgan fingerprint density at radius 2 is 1.96 bits per heavy atom. The normalized spacial score (nSPS) is 18.0. The van der Waals surface area contributed by atoms with Crippen molar-refractivity contribution >= 4 is 6.01 Å². The van der Waals surface area contributed by atoms with Gasteiger partial charge in [0, 0.05) is 43.9 Å². The predicted octanol–water partition coefficient (Wildman–Crippen LogP) is 3.56. The molecule has 1 aromatic carbocycles. The number of aromatic nitrogens is 3. The first kappa shape index (κ1) is 17.2. The zero-order chi connectivity index (χ0) is 19.0. The average Bonchev–Trinajstić information content (AvgIpc) is 3.18. The number of benzene rings is 1. The molecule has 0 atom stereocenters. The van der Waals surface area contributed by atoms with E-state index in [1.165, 1.54) is 6.07 Å². The third kappa shape index (κ3) is 3.21. The highest BCUT2D eigenvalue weighted by Crippen LogP contribution is 2.40. The number of pyridine rings is 1. The summed E-state index contributed by atoms with van der Waals surface area (Å²) in [7, 11) is 0. The first-order valence-corrected chi connectivity index (χ1v) is 9.63. The van der Waals surface area contributed by atoms with Crippen LogP contribution >= 0.6 is 0 Å². The van der Waals surface area contributed by atoms with Crippen molar-refractivity contribution in [3.63, 3.8) is 0 Å². The first-order chi connectivity index (χ1) is 13.7. The molecule has 0 unspecified atom stereocenters. The van der Waals surface area contributed by atoms with Gasteiger partial charge in [-0.3, -0.25) is 4.98 Å². The summed E-state index contributed by atoms with van der Waals surface area (Å²) in [5, 5.41) is 8.39. The quantitative estimate of drug-likeness (QED) is 0.692. The van der Waals surface area contributed by atoms with E-state index in [0.29, 0.717) is 29.6 Å². The van der Waals surface area contributed by atoms with Crippen LogP contribution in [0.1, 0.15) is 36.3 Å². The Hall–Kier alpha value is -2.96. The molecule has 28 heavy (non-hydrogen) atoms. The maximum Gasteiger partial charge on any atom is 0.318 e. The Labute approximate surface area is 162 Å². The zero-order valence-corrected chi connectivity index (χ0v) is 15.5. The number of piperidine rings is 1. The van der Waals surface area contributed by atoms with Crippen molar-refractivity contribution in [3.8, 4) is 5.75 Å². The molecule has 1 spiro atoms.